The number of methoxy groups -OCH3 is 1. The number of unbranched alkanes of at least 4 members (excludes halogenated alkanes) is 6. The molecule has 0 spiro atoms. The molecule has 2 heteroatoms. The summed E-state index contributed by atoms with van der Waals surface area (Å²) in [5.74, 6) is 0.880. The third-order valence-corrected chi connectivity index (χ3v) is 3.00. The highest BCUT2D eigenvalue weighted by atomic mass is 16.5. The van der Waals surface area contributed by atoms with Crippen molar-refractivity contribution in [2.75, 3.05) is 7.11 Å². The van der Waals surface area contributed by atoms with E-state index in [2.05, 4.69) is 11.9 Å². The maximum atomic E-state index is 5.11. The summed E-state index contributed by atoms with van der Waals surface area (Å²) in [5, 5.41) is 0. The SMILES string of the molecule is CCCCCCCCC=Nc1ccc(OC)cc1. The molecule has 0 unspecified atom stereocenters. The number of rotatable bonds is 9. The van der Waals surface area contributed by atoms with E-state index < -0.39 is 0 Å². The highest BCUT2D eigenvalue weighted by molar-refractivity contribution is 5.63. The van der Waals surface area contributed by atoms with E-state index in [1.807, 2.05) is 30.5 Å². The van der Waals surface area contributed by atoms with Crippen LogP contribution in [0, 0.1) is 0 Å². The summed E-state index contributed by atoms with van der Waals surface area (Å²) in [6.45, 7) is 2.25. The normalized spacial score (nSPS) is 11.0. The van der Waals surface area contributed by atoms with E-state index in [1.165, 1.54) is 38.5 Å². The first-order chi connectivity index (χ1) is 8.86. The largest absolute Gasteiger partial charge is 0.497 e. The lowest BCUT2D eigenvalue weighted by Crippen LogP contribution is -1.81. The molecular weight excluding hydrogens is 222 g/mol. The quantitative estimate of drug-likeness (QED) is 0.437. The van der Waals surface area contributed by atoms with Crippen LogP contribution in [0.3, 0.4) is 0 Å². The molecule has 0 saturated carbocycles. The van der Waals surface area contributed by atoms with E-state index in [9.17, 15) is 0 Å². The molecule has 1 rings (SSSR count). The molecule has 2 nitrogen and oxygen atoms in total. The Kier molecular flexibility index (Phi) is 7.94. The van der Waals surface area contributed by atoms with Gasteiger partial charge < -0.3 is 4.74 Å². The third-order valence-electron chi connectivity index (χ3n) is 3.00. The Labute approximate surface area is 111 Å². The summed E-state index contributed by atoms with van der Waals surface area (Å²) < 4.78 is 5.11. The topological polar surface area (TPSA) is 21.6 Å². The second-order valence-corrected chi connectivity index (χ2v) is 4.57. The van der Waals surface area contributed by atoms with E-state index in [-0.39, 0.29) is 0 Å². The zero-order chi connectivity index (χ0) is 13.1. The van der Waals surface area contributed by atoms with Crippen molar-refractivity contribution in [2.24, 2.45) is 4.99 Å². The van der Waals surface area contributed by atoms with Gasteiger partial charge in [-0.25, -0.2) is 0 Å². The average Bonchev–Trinajstić information content (AvgIpc) is 2.42. The van der Waals surface area contributed by atoms with Gasteiger partial charge in [-0.2, -0.15) is 0 Å². The predicted octanol–water partition coefficient (Wildman–Crippen LogP) is 5.15. The summed E-state index contributed by atoms with van der Waals surface area (Å²) in [7, 11) is 1.68. The Bertz CT molecular complexity index is 329. The van der Waals surface area contributed by atoms with Gasteiger partial charge in [-0.3, -0.25) is 4.99 Å². The molecule has 0 fully saturated rings. The van der Waals surface area contributed by atoms with Crippen molar-refractivity contribution < 1.29 is 4.74 Å². The summed E-state index contributed by atoms with van der Waals surface area (Å²) in [4.78, 5) is 4.44. The summed E-state index contributed by atoms with van der Waals surface area (Å²) in [5.41, 5.74) is 1.00. The van der Waals surface area contributed by atoms with Crippen molar-refractivity contribution in [1.29, 1.82) is 0 Å². The second-order valence-electron chi connectivity index (χ2n) is 4.57. The van der Waals surface area contributed by atoms with Crippen LogP contribution in [-0.4, -0.2) is 13.3 Å². The van der Waals surface area contributed by atoms with Gasteiger partial charge in [0.05, 0.1) is 12.8 Å². The van der Waals surface area contributed by atoms with Crippen molar-refractivity contribution in [3.8, 4) is 5.75 Å². The molecule has 0 bridgehead atoms. The molecule has 0 atom stereocenters. The van der Waals surface area contributed by atoms with Gasteiger partial charge in [-0.15, -0.1) is 0 Å². The molecule has 1 aromatic rings. The second kappa shape index (κ2) is 9.69. The summed E-state index contributed by atoms with van der Waals surface area (Å²) >= 11 is 0. The standard InChI is InChI=1S/C16H25NO/c1-3-4-5-6-7-8-9-14-17-15-10-12-16(18-2)13-11-15/h10-14H,3-9H2,1-2H3. The molecule has 0 aliphatic carbocycles. The minimum absolute atomic E-state index is 0.880. The van der Waals surface area contributed by atoms with Crippen LogP contribution in [0.2, 0.25) is 0 Å². The lowest BCUT2D eigenvalue weighted by molar-refractivity contribution is 0.415. The van der Waals surface area contributed by atoms with Gasteiger partial charge in [0.15, 0.2) is 0 Å². The Morgan fingerprint density at radius 2 is 1.67 bits per heavy atom. The van der Waals surface area contributed by atoms with Crippen LogP contribution >= 0.6 is 0 Å². The minimum Gasteiger partial charge on any atom is -0.497 e. The fraction of sp³-hybridized carbons (Fsp3) is 0.562. The van der Waals surface area contributed by atoms with Crippen LogP contribution in [0.1, 0.15) is 51.9 Å². The van der Waals surface area contributed by atoms with Crippen molar-refractivity contribution >= 4 is 11.9 Å². The van der Waals surface area contributed by atoms with Gasteiger partial charge >= 0.3 is 0 Å². The number of benzene rings is 1. The smallest absolute Gasteiger partial charge is 0.119 e. The summed E-state index contributed by atoms with van der Waals surface area (Å²) in [6, 6.07) is 7.85. The van der Waals surface area contributed by atoms with Gasteiger partial charge in [-0.1, -0.05) is 39.0 Å². The fourth-order valence-corrected chi connectivity index (χ4v) is 1.85. The zero-order valence-corrected chi connectivity index (χ0v) is 11.7. The first kappa shape index (κ1) is 14.7. The third kappa shape index (κ3) is 6.43. The predicted molar refractivity (Wildman–Crippen MR) is 79.1 cm³/mol. The summed E-state index contributed by atoms with van der Waals surface area (Å²) in [6.07, 6.45) is 11.1. The van der Waals surface area contributed by atoms with Crippen LogP contribution in [0.4, 0.5) is 5.69 Å². The highest BCUT2D eigenvalue weighted by Gasteiger charge is 1.91. The average molecular weight is 247 g/mol. The van der Waals surface area contributed by atoms with Crippen LogP contribution in [0.5, 0.6) is 5.75 Å². The van der Waals surface area contributed by atoms with Gasteiger partial charge in [0.25, 0.3) is 0 Å². The fourth-order valence-electron chi connectivity index (χ4n) is 1.85. The lowest BCUT2D eigenvalue weighted by atomic mass is 10.1. The Balaban J connectivity index is 2.12. The first-order valence-corrected chi connectivity index (χ1v) is 7.03. The molecule has 0 saturated heterocycles. The van der Waals surface area contributed by atoms with E-state index in [4.69, 9.17) is 4.74 Å². The Hall–Kier alpha value is -1.31. The van der Waals surface area contributed by atoms with E-state index in [0.29, 0.717) is 0 Å². The number of hydrogen-bond donors (Lipinski definition) is 0. The molecule has 0 amide bonds. The Morgan fingerprint density at radius 3 is 2.33 bits per heavy atom. The van der Waals surface area contributed by atoms with Gasteiger partial charge in [0.2, 0.25) is 0 Å². The molecule has 0 heterocycles. The monoisotopic (exact) mass is 247 g/mol. The molecule has 0 aliphatic rings. The number of aliphatic imine (C=N–C) groups is 1. The van der Waals surface area contributed by atoms with E-state index in [1.54, 1.807) is 7.11 Å². The first-order valence-electron chi connectivity index (χ1n) is 7.03. The van der Waals surface area contributed by atoms with E-state index >= 15 is 0 Å². The van der Waals surface area contributed by atoms with Crippen LogP contribution in [0.25, 0.3) is 0 Å². The van der Waals surface area contributed by atoms with Crippen molar-refractivity contribution in [3.63, 3.8) is 0 Å². The van der Waals surface area contributed by atoms with Crippen LogP contribution < -0.4 is 4.74 Å². The molecule has 18 heavy (non-hydrogen) atoms. The maximum Gasteiger partial charge on any atom is 0.119 e. The van der Waals surface area contributed by atoms with Gasteiger partial charge in [0, 0.05) is 6.21 Å². The number of nitrogens with zero attached hydrogens (tertiary/aromatic N) is 1. The maximum absolute atomic E-state index is 5.11. The number of hydrogen-bond acceptors (Lipinski definition) is 2. The minimum atomic E-state index is 0.880. The molecule has 0 radical (unpaired) electrons. The highest BCUT2D eigenvalue weighted by Crippen LogP contribution is 2.17. The van der Waals surface area contributed by atoms with Crippen LogP contribution in [-0.2, 0) is 0 Å². The van der Waals surface area contributed by atoms with Gasteiger partial charge in [0.1, 0.15) is 5.75 Å². The van der Waals surface area contributed by atoms with Gasteiger partial charge in [-0.05, 0) is 37.1 Å². The molecule has 1 aromatic carbocycles. The molecular formula is C16H25NO. The number of ether oxygens (including phenoxy) is 1. The van der Waals surface area contributed by atoms with Crippen LogP contribution in [0.15, 0.2) is 29.3 Å². The van der Waals surface area contributed by atoms with E-state index in [0.717, 1.165) is 17.9 Å². The molecule has 0 aliphatic heterocycles. The molecule has 0 aromatic heterocycles. The Morgan fingerprint density at radius 1 is 1.00 bits per heavy atom. The zero-order valence-electron chi connectivity index (χ0n) is 11.7. The van der Waals surface area contributed by atoms with Crippen molar-refractivity contribution in [3.05, 3.63) is 24.3 Å². The molecule has 0 N–H and O–H groups in total. The lowest BCUT2D eigenvalue weighted by Gasteiger charge is -1.99. The van der Waals surface area contributed by atoms with Crippen molar-refractivity contribution in [1.82, 2.24) is 0 Å². The molecule has 100 valence electrons. The van der Waals surface area contributed by atoms with Crippen molar-refractivity contribution in [2.45, 2.75) is 51.9 Å².